The molecule has 0 saturated heterocycles. The Morgan fingerprint density at radius 3 is 2.53 bits per heavy atom. The van der Waals surface area contributed by atoms with E-state index in [1.54, 1.807) is 53.4 Å². The molecule has 0 aliphatic carbocycles. The Hall–Kier alpha value is -2.88. The summed E-state index contributed by atoms with van der Waals surface area (Å²) in [4.78, 5) is 17.4. The lowest BCUT2D eigenvalue weighted by Gasteiger charge is -2.20. The van der Waals surface area contributed by atoms with E-state index in [4.69, 9.17) is 0 Å². The molecule has 6 nitrogen and oxygen atoms in total. The van der Waals surface area contributed by atoms with Crippen molar-refractivity contribution in [3.63, 3.8) is 0 Å². The first-order valence-electron chi connectivity index (χ1n) is 9.69. The van der Waals surface area contributed by atoms with Crippen molar-refractivity contribution in [1.29, 1.82) is 0 Å². The molecule has 0 fully saturated rings. The summed E-state index contributed by atoms with van der Waals surface area (Å²) < 4.78 is 29.4. The molecule has 32 heavy (non-hydrogen) atoms. The van der Waals surface area contributed by atoms with Gasteiger partial charge in [-0.2, -0.15) is 0 Å². The number of anilines is 2. The second-order valence-electron chi connectivity index (χ2n) is 7.16. The van der Waals surface area contributed by atoms with E-state index in [0.717, 1.165) is 20.1 Å². The Kier molecular flexibility index (Phi) is 6.23. The van der Waals surface area contributed by atoms with Gasteiger partial charge in [-0.1, -0.05) is 35.5 Å². The minimum absolute atomic E-state index is 0.0516. The van der Waals surface area contributed by atoms with Crippen molar-refractivity contribution in [2.24, 2.45) is 0 Å². The molecule has 0 aliphatic heterocycles. The maximum Gasteiger partial charge on any atom is 0.264 e. The number of thiazole rings is 1. The predicted molar refractivity (Wildman–Crippen MR) is 133 cm³/mol. The molecule has 0 aliphatic rings. The Labute approximate surface area is 195 Å². The van der Waals surface area contributed by atoms with Crippen LogP contribution in [0.4, 0.5) is 11.4 Å². The largest absolute Gasteiger partial charge is 0.322 e. The standard InChI is InChI=1S/C23H21N3O3S3/c1-15-7-10-18(11-8-15)26(2)32(28,29)19-6-4-5-16(13-19)22(27)24-17-9-12-20-21(14-17)31-23(25-20)30-3/h4-14H,1-3H3,(H,24,27). The van der Waals surface area contributed by atoms with Gasteiger partial charge in [0.05, 0.1) is 20.8 Å². The average molecular weight is 484 g/mol. The molecule has 1 N–H and O–H groups in total. The van der Waals surface area contributed by atoms with Gasteiger partial charge in [-0.3, -0.25) is 9.10 Å². The van der Waals surface area contributed by atoms with E-state index < -0.39 is 10.0 Å². The van der Waals surface area contributed by atoms with Gasteiger partial charge in [0.2, 0.25) is 0 Å². The second-order valence-corrected chi connectivity index (χ2v) is 11.2. The third kappa shape index (κ3) is 4.50. The SMILES string of the molecule is CSc1nc2ccc(NC(=O)c3cccc(S(=O)(=O)N(C)c4ccc(C)cc4)c3)cc2s1. The molecule has 0 radical (unpaired) electrons. The predicted octanol–water partition coefficient (Wildman–Crippen LogP) is 5.40. The molecule has 1 amide bonds. The Bertz CT molecular complexity index is 1400. The second kappa shape index (κ2) is 8.93. The number of nitrogens with one attached hydrogen (secondary N) is 1. The quantitative estimate of drug-likeness (QED) is 0.371. The first kappa shape index (κ1) is 22.3. The van der Waals surface area contributed by atoms with Crippen molar-refractivity contribution >= 4 is 60.6 Å². The van der Waals surface area contributed by atoms with Gasteiger partial charge in [0.25, 0.3) is 15.9 Å². The zero-order chi connectivity index (χ0) is 22.9. The minimum atomic E-state index is -3.82. The van der Waals surface area contributed by atoms with E-state index in [9.17, 15) is 13.2 Å². The maximum absolute atomic E-state index is 13.1. The van der Waals surface area contributed by atoms with E-state index in [1.165, 1.54) is 23.5 Å². The van der Waals surface area contributed by atoms with Crippen LogP contribution in [0.1, 0.15) is 15.9 Å². The number of hydrogen-bond acceptors (Lipinski definition) is 6. The zero-order valence-electron chi connectivity index (χ0n) is 17.7. The first-order chi connectivity index (χ1) is 15.3. The smallest absolute Gasteiger partial charge is 0.264 e. The van der Waals surface area contributed by atoms with Crippen LogP contribution in [0.2, 0.25) is 0 Å². The van der Waals surface area contributed by atoms with E-state index in [-0.39, 0.29) is 16.4 Å². The van der Waals surface area contributed by atoms with E-state index >= 15 is 0 Å². The summed E-state index contributed by atoms with van der Waals surface area (Å²) in [7, 11) is -2.32. The fraction of sp³-hybridized carbons (Fsp3) is 0.130. The third-order valence-electron chi connectivity index (χ3n) is 4.95. The van der Waals surface area contributed by atoms with Crippen LogP contribution in [0, 0.1) is 6.92 Å². The maximum atomic E-state index is 13.1. The van der Waals surface area contributed by atoms with Crippen LogP contribution < -0.4 is 9.62 Å². The summed E-state index contributed by atoms with van der Waals surface area (Å²) in [5.74, 6) is -0.381. The number of nitrogens with zero attached hydrogens (tertiary/aromatic N) is 2. The Morgan fingerprint density at radius 1 is 1.06 bits per heavy atom. The number of thioether (sulfide) groups is 1. The molecule has 1 heterocycles. The fourth-order valence-electron chi connectivity index (χ4n) is 3.12. The topological polar surface area (TPSA) is 79.4 Å². The lowest BCUT2D eigenvalue weighted by Crippen LogP contribution is -2.26. The van der Waals surface area contributed by atoms with Crippen molar-refractivity contribution in [3.8, 4) is 0 Å². The van der Waals surface area contributed by atoms with Crippen LogP contribution in [0.5, 0.6) is 0 Å². The van der Waals surface area contributed by atoms with E-state index in [0.29, 0.717) is 11.4 Å². The number of rotatable bonds is 6. The van der Waals surface area contributed by atoms with Crippen LogP contribution in [-0.4, -0.2) is 32.6 Å². The lowest BCUT2D eigenvalue weighted by molar-refractivity contribution is 0.102. The number of aromatic nitrogens is 1. The number of carbonyl (C=O) groups is 1. The fourth-order valence-corrected chi connectivity index (χ4v) is 5.89. The highest BCUT2D eigenvalue weighted by molar-refractivity contribution is 8.00. The number of sulfonamides is 1. The first-order valence-corrected chi connectivity index (χ1v) is 13.2. The van der Waals surface area contributed by atoms with Crippen LogP contribution in [0.3, 0.4) is 0 Å². The van der Waals surface area contributed by atoms with Crippen molar-refractivity contribution in [2.45, 2.75) is 16.2 Å². The molecule has 4 rings (SSSR count). The molecule has 4 aromatic rings. The van der Waals surface area contributed by atoms with Crippen molar-refractivity contribution in [2.75, 3.05) is 22.9 Å². The van der Waals surface area contributed by atoms with Gasteiger partial charge in [0.1, 0.15) is 0 Å². The number of amides is 1. The van der Waals surface area contributed by atoms with Gasteiger partial charge in [-0.05, 0) is 61.7 Å². The molecular weight excluding hydrogens is 462 g/mol. The van der Waals surface area contributed by atoms with Gasteiger partial charge < -0.3 is 5.32 Å². The molecule has 0 atom stereocenters. The minimum Gasteiger partial charge on any atom is -0.322 e. The molecule has 0 unspecified atom stereocenters. The number of hydrogen-bond donors (Lipinski definition) is 1. The summed E-state index contributed by atoms with van der Waals surface area (Å²) in [6.07, 6.45) is 1.97. The number of aryl methyl sites for hydroxylation is 1. The number of fused-ring (bicyclic) bond motifs is 1. The molecule has 3 aromatic carbocycles. The van der Waals surface area contributed by atoms with Crippen molar-refractivity contribution in [1.82, 2.24) is 4.98 Å². The monoisotopic (exact) mass is 483 g/mol. The third-order valence-corrected chi connectivity index (χ3v) is 8.74. The van der Waals surface area contributed by atoms with Gasteiger partial charge in [-0.15, -0.1) is 11.3 Å². The van der Waals surface area contributed by atoms with Gasteiger partial charge in [0.15, 0.2) is 4.34 Å². The zero-order valence-corrected chi connectivity index (χ0v) is 20.1. The van der Waals surface area contributed by atoms with Gasteiger partial charge in [0, 0.05) is 18.3 Å². The van der Waals surface area contributed by atoms with Crippen LogP contribution in [0.25, 0.3) is 10.2 Å². The summed E-state index contributed by atoms with van der Waals surface area (Å²) in [6, 6.07) is 18.8. The highest BCUT2D eigenvalue weighted by Crippen LogP contribution is 2.30. The number of carbonyl (C=O) groups excluding carboxylic acids is 1. The Balaban J connectivity index is 1.57. The molecule has 0 spiro atoms. The van der Waals surface area contributed by atoms with Crippen molar-refractivity contribution in [3.05, 3.63) is 77.9 Å². The summed E-state index contributed by atoms with van der Waals surface area (Å²) in [6.45, 7) is 1.94. The Morgan fingerprint density at radius 2 is 1.81 bits per heavy atom. The molecule has 0 saturated carbocycles. The highest BCUT2D eigenvalue weighted by atomic mass is 32.2. The number of benzene rings is 3. The normalized spacial score (nSPS) is 11.5. The van der Waals surface area contributed by atoms with Crippen molar-refractivity contribution < 1.29 is 13.2 Å². The molecule has 164 valence electrons. The highest BCUT2D eigenvalue weighted by Gasteiger charge is 2.22. The van der Waals surface area contributed by atoms with Gasteiger partial charge >= 0.3 is 0 Å². The molecule has 9 heteroatoms. The van der Waals surface area contributed by atoms with Gasteiger partial charge in [-0.25, -0.2) is 13.4 Å². The molecular formula is C23H21N3O3S3. The average Bonchev–Trinajstić information content (AvgIpc) is 3.22. The molecule has 1 aromatic heterocycles. The lowest BCUT2D eigenvalue weighted by atomic mass is 10.2. The van der Waals surface area contributed by atoms with Crippen LogP contribution in [0.15, 0.2) is 76.0 Å². The van der Waals surface area contributed by atoms with E-state index in [1.807, 2.05) is 37.4 Å². The summed E-state index contributed by atoms with van der Waals surface area (Å²) in [5.41, 5.74) is 3.36. The van der Waals surface area contributed by atoms with Crippen LogP contribution in [-0.2, 0) is 10.0 Å². The molecule has 0 bridgehead atoms. The summed E-state index contributed by atoms with van der Waals surface area (Å²) in [5, 5.41) is 2.85. The van der Waals surface area contributed by atoms with E-state index in [2.05, 4.69) is 10.3 Å². The van der Waals surface area contributed by atoms with Crippen LogP contribution >= 0.6 is 23.1 Å². The summed E-state index contributed by atoms with van der Waals surface area (Å²) >= 11 is 3.13.